The Bertz CT molecular complexity index is 1510. The molecule has 5 rings (SSSR count). The van der Waals surface area contributed by atoms with Crippen molar-refractivity contribution in [1.82, 2.24) is 29.3 Å². The summed E-state index contributed by atoms with van der Waals surface area (Å²) in [5, 5.41) is 0. The number of piperazine rings is 1. The molecule has 0 aliphatic carbocycles. The molecule has 40 heavy (non-hydrogen) atoms. The van der Waals surface area contributed by atoms with Gasteiger partial charge in [0, 0.05) is 50.7 Å². The molecule has 4 aromatic rings. The maximum Gasteiger partial charge on any atom is 0.165 e. The highest BCUT2D eigenvalue weighted by molar-refractivity contribution is 5.85. The number of hydrogen-bond donors (Lipinski definition) is 1. The smallest absolute Gasteiger partial charge is 0.165 e. The number of pyridine rings is 2. The number of imidazole rings is 1. The Labute approximate surface area is 238 Å². The molecule has 1 aliphatic heterocycles. The van der Waals surface area contributed by atoms with E-state index in [1.165, 1.54) is 5.56 Å². The van der Waals surface area contributed by atoms with Crippen LogP contribution in [0.1, 0.15) is 45.4 Å². The van der Waals surface area contributed by atoms with Gasteiger partial charge >= 0.3 is 0 Å². The van der Waals surface area contributed by atoms with Gasteiger partial charge in [0.05, 0.1) is 11.3 Å². The lowest BCUT2D eigenvalue weighted by Gasteiger charge is -2.32. The quantitative estimate of drug-likeness (QED) is 0.226. The number of allylic oxidation sites excluding steroid dienone is 4. The van der Waals surface area contributed by atoms with Crippen LogP contribution in [-0.2, 0) is 6.54 Å². The lowest BCUT2D eigenvalue weighted by atomic mass is 10.1. The van der Waals surface area contributed by atoms with Crippen molar-refractivity contribution in [2.45, 2.75) is 40.7 Å². The third-order valence-corrected chi connectivity index (χ3v) is 6.81. The first kappa shape index (κ1) is 28.6. The van der Waals surface area contributed by atoms with Gasteiger partial charge in [0.15, 0.2) is 11.5 Å². The molecule has 0 atom stereocenters. The molecule has 0 unspecified atom stereocenters. The van der Waals surface area contributed by atoms with Gasteiger partial charge in [0.25, 0.3) is 0 Å². The summed E-state index contributed by atoms with van der Waals surface area (Å²) >= 11 is 0. The molecule has 3 aromatic heterocycles. The number of terminal acetylenes is 1. The largest absolute Gasteiger partial charge is 0.383 e. The molecule has 0 saturated carbocycles. The Kier molecular flexibility index (Phi) is 9.71. The SMILES string of the molecule is C#CN1CCN(Cc2ccc(-n3c(-c4cccnc4N)nc4ccc(C(/C=C\C)=C/CC)nc43)cc2)CC1.CC. The second-order valence-electron chi connectivity index (χ2n) is 9.37. The number of hydrogen-bond acceptors (Lipinski definition) is 6. The first-order valence-corrected chi connectivity index (χ1v) is 14.1. The standard InChI is InChI=1S/C31H33N7.C2H6/c1-4-8-24(9-5-2)27-15-16-28-31(34-27)38(30(35-28)26-10-7-17-33-29(26)32)25-13-11-23(12-14-25)22-37-20-18-36(6-3)19-21-37;1-2/h3-4,7-17H,5,18-22H2,1-2H3,(H2,32,33);1-2H3/b8-4-,24-9+;. The van der Waals surface area contributed by atoms with Crippen molar-refractivity contribution in [1.29, 1.82) is 0 Å². The van der Waals surface area contributed by atoms with Crippen LogP contribution >= 0.6 is 0 Å². The second-order valence-corrected chi connectivity index (χ2v) is 9.37. The molecule has 206 valence electrons. The van der Waals surface area contributed by atoms with Crippen molar-refractivity contribution in [3.05, 3.63) is 84.2 Å². The second kappa shape index (κ2) is 13.6. The fourth-order valence-corrected chi connectivity index (χ4v) is 4.85. The Morgan fingerprint density at radius 1 is 1.02 bits per heavy atom. The van der Waals surface area contributed by atoms with Crippen molar-refractivity contribution in [2.24, 2.45) is 0 Å². The van der Waals surface area contributed by atoms with E-state index in [1.807, 2.05) is 56.0 Å². The molecule has 7 heteroatoms. The molecule has 1 aliphatic rings. The fourth-order valence-electron chi connectivity index (χ4n) is 4.85. The van der Waals surface area contributed by atoms with Gasteiger partial charge in [-0.25, -0.2) is 15.0 Å². The zero-order chi connectivity index (χ0) is 28.5. The third-order valence-electron chi connectivity index (χ3n) is 6.81. The zero-order valence-corrected chi connectivity index (χ0v) is 24.0. The van der Waals surface area contributed by atoms with Crippen LogP contribution in [0.4, 0.5) is 5.82 Å². The van der Waals surface area contributed by atoms with E-state index >= 15 is 0 Å². The minimum atomic E-state index is 0.437. The summed E-state index contributed by atoms with van der Waals surface area (Å²) in [7, 11) is 0. The molecule has 2 N–H and O–H groups in total. The van der Waals surface area contributed by atoms with Gasteiger partial charge in [-0.1, -0.05) is 57.6 Å². The lowest BCUT2D eigenvalue weighted by Crippen LogP contribution is -2.43. The summed E-state index contributed by atoms with van der Waals surface area (Å²) in [6.07, 6.45) is 14.5. The van der Waals surface area contributed by atoms with Gasteiger partial charge in [0.1, 0.15) is 11.3 Å². The summed E-state index contributed by atoms with van der Waals surface area (Å²) in [5.41, 5.74) is 12.9. The van der Waals surface area contributed by atoms with Crippen LogP contribution < -0.4 is 5.73 Å². The average molecular weight is 534 g/mol. The van der Waals surface area contributed by atoms with E-state index < -0.39 is 0 Å². The minimum absolute atomic E-state index is 0.437. The van der Waals surface area contributed by atoms with Crippen LogP contribution in [0.2, 0.25) is 0 Å². The van der Waals surface area contributed by atoms with Crippen molar-refractivity contribution in [3.63, 3.8) is 0 Å². The van der Waals surface area contributed by atoms with Crippen LogP contribution in [-0.4, -0.2) is 55.5 Å². The molecule has 1 aromatic carbocycles. The number of nitrogens with zero attached hydrogens (tertiary/aromatic N) is 6. The Morgan fingerprint density at radius 3 is 2.42 bits per heavy atom. The molecule has 0 radical (unpaired) electrons. The van der Waals surface area contributed by atoms with E-state index in [1.54, 1.807) is 6.20 Å². The number of nitrogens with two attached hydrogens (primary N) is 1. The van der Waals surface area contributed by atoms with E-state index in [2.05, 4.69) is 63.8 Å². The predicted octanol–water partition coefficient (Wildman–Crippen LogP) is 6.17. The summed E-state index contributed by atoms with van der Waals surface area (Å²) in [6, 6.07) is 19.3. The maximum absolute atomic E-state index is 6.30. The van der Waals surface area contributed by atoms with Crippen molar-refractivity contribution in [2.75, 3.05) is 31.9 Å². The molecule has 1 saturated heterocycles. The number of nitrogen functional groups attached to an aromatic ring is 1. The molecule has 0 spiro atoms. The Balaban J connectivity index is 0.00000181. The normalized spacial score (nSPS) is 14.3. The van der Waals surface area contributed by atoms with Gasteiger partial charge in [-0.2, -0.15) is 0 Å². The summed E-state index contributed by atoms with van der Waals surface area (Å²) < 4.78 is 2.08. The van der Waals surface area contributed by atoms with Crippen LogP contribution in [0.25, 0.3) is 33.8 Å². The molecule has 1 fully saturated rings. The van der Waals surface area contributed by atoms with Gasteiger partial charge in [-0.3, -0.25) is 9.47 Å². The highest BCUT2D eigenvalue weighted by Gasteiger charge is 2.19. The van der Waals surface area contributed by atoms with Crippen molar-refractivity contribution in [3.8, 4) is 29.5 Å². The molecular weight excluding hydrogens is 494 g/mol. The first-order chi connectivity index (χ1) is 19.6. The van der Waals surface area contributed by atoms with Gasteiger partial charge < -0.3 is 10.6 Å². The molecule has 0 bridgehead atoms. The summed E-state index contributed by atoms with van der Waals surface area (Å²) in [4.78, 5) is 18.8. The number of rotatable bonds is 7. The predicted molar refractivity (Wildman–Crippen MR) is 167 cm³/mol. The van der Waals surface area contributed by atoms with E-state index in [0.29, 0.717) is 5.82 Å². The molecule has 4 heterocycles. The number of anilines is 1. The lowest BCUT2D eigenvalue weighted by molar-refractivity contribution is 0.169. The van der Waals surface area contributed by atoms with Crippen LogP contribution in [0.15, 0.2) is 73.0 Å². The van der Waals surface area contributed by atoms with Gasteiger partial charge in [-0.05, 0) is 60.9 Å². The fraction of sp³-hybridized carbons (Fsp3) is 0.303. The van der Waals surface area contributed by atoms with Crippen LogP contribution in [0.3, 0.4) is 0 Å². The molecular formula is C33H39N7. The van der Waals surface area contributed by atoms with Crippen LogP contribution in [0, 0.1) is 12.5 Å². The first-order valence-electron chi connectivity index (χ1n) is 14.1. The molecule has 7 nitrogen and oxygen atoms in total. The monoisotopic (exact) mass is 533 g/mol. The average Bonchev–Trinajstić information content (AvgIpc) is 3.37. The molecule has 0 amide bonds. The highest BCUT2D eigenvalue weighted by atomic mass is 15.2. The highest BCUT2D eigenvalue weighted by Crippen LogP contribution is 2.31. The zero-order valence-electron chi connectivity index (χ0n) is 24.0. The minimum Gasteiger partial charge on any atom is -0.383 e. The van der Waals surface area contributed by atoms with Gasteiger partial charge in [-0.15, -0.1) is 0 Å². The summed E-state index contributed by atoms with van der Waals surface area (Å²) in [6.45, 7) is 12.8. The number of aromatic nitrogens is 4. The number of fused-ring (bicyclic) bond motifs is 1. The number of benzene rings is 1. The maximum atomic E-state index is 6.30. The topological polar surface area (TPSA) is 76.1 Å². The van der Waals surface area contributed by atoms with E-state index in [-0.39, 0.29) is 0 Å². The van der Waals surface area contributed by atoms with Crippen LogP contribution in [0.5, 0.6) is 0 Å². The van der Waals surface area contributed by atoms with E-state index in [9.17, 15) is 0 Å². The van der Waals surface area contributed by atoms with E-state index in [4.69, 9.17) is 22.1 Å². The van der Waals surface area contributed by atoms with Crippen molar-refractivity contribution < 1.29 is 0 Å². The third kappa shape index (κ3) is 6.24. The van der Waals surface area contributed by atoms with Crippen molar-refractivity contribution >= 4 is 22.6 Å². The Morgan fingerprint density at radius 2 is 1.77 bits per heavy atom. The van der Waals surface area contributed by atoms with Gasteiger partial charge in [0.2, 0.25) is 0 Å². The summed E-state index contributed by atoms with van der Waals surface area (Å²) in [5.74, 6) is 1.16. The van der Waals surface area contributed by atoms with E-state index in [0.717, 1.165) is 78.7 Å². The Hall–Kier alpha value is -4.41.